The molecule has 0 saturated carbocycles. The van der Waals surface area contributed by atoms with E-state index in [0.717, 1.165) is 11.4 Å². The molecule has 0 bridgehead atoms. The zero-order valence-corrected chi connectivity index (χ0v) is 9.69. The Morgan fingerprint density at radius 3 is 2.94 bits per heavy atom. The number of imidazole rings is 1. The molecule has 1 rings (SSSR count). The summed E-state index contributed by atoms with van der Waals surface area (Å²) >= 11 is 0. The number of aromatic nitrogens is 2. The lowest BCUT2D eigenvalue weighted by Crippen LogP contribution is -2.08. The predicted octanol–water partition coefficient (Wildman–Crippen LogP) is 1.77. The lowest BCUT2D eigenvalue weighted by atomic mass is 10.2. The molecule has 0 aliphatic heterocycles. The van der Waals surface area contributed by atoms with Crippen molar-refractivity contribution in [3.63, 3.8) is 0 Å². The van der Waals surface area contributed by atoms with Crippen molar-refractivity contribution in [1.29, 1.82) is 0 Å². The smallest absolute Gasteiger partial charge is 0.333 e. The summed E-state index contributed by atoms with van der Waals surface area (Å²) in [7, 11) is 1.86. The molecule has 0 amide bonds. The molecular weight excluding hydrogens is 204 g/mol. The van der Waals surface area contributed by atoms with Gasteiger partial charge in [0.2, 0.25) is 0 Å². The predicted molar refractivity (Wildman–Crippen MR) is 61.7 cm³/mol. The summed E-state index contributed by atoms with van der Waals surface area (Å²) in [5.74, 6) is -0.384. The second-order valence-corrected chi connectivity index (χ2v) is 3.60. The van der Waals surface area contributed by atoms with Crippen LogP contribution in [-0.2, 0) is 29.6 Å². The van der Waals surface area contributed by atoms with Crippen molar-refractivity contribution >= 4 is 5.97 Å². The topological polar surface area (TPSA) is 44.1 Å². The van der Waals surface area contributed by atoms with Gasteiger partial charge in [-0.3, -0.25) is 0 Å². The largest absolute Gasteiger partial charge is 0.456 e. The quantitative estimate of drug-likeness (QED) is 0.431. The molecule has 0 fully saturated rings. The molecule has 0 N–H and O–H groups in total. The van der Waals surface area contributed by atoms with Crippen LogP contribution >= 0.6 is 0 Å². The molecule has 16 heavy (non-hydrogen) atoms. The van der Waals surface area contributed by atoms with Crippen molar-refractivity contribution < 1.29 is 9.53 Å². The second kappa shape index (κ2) is 5.30. The zero-order chi connectivity index (χ0) is 12.1. The van der Waals surface area contributed by atoms with Gasteiger partial charge in [-0.2, -0.15) is 0 Å². The minimum atomic E-state index is -0.384. The monoisotopic (exact) mass is 220 g/mol. The Balaban J connectivity index is 2.72. The maximum absolute atomic E-state index is 11.2. The average Bonchev–Trinajstić information content (AvgIpc) is 2.57. The first-order chi connectivity index (χ1) is 7.56. The fourth-order valence-corrected chi connectivity index (χ4v) is 1.25. The second-order valence-electron chi connectivity index (χ2n) is 3.60. The average molecular weight is 220 g/mol. The van der Waals surface area contributed by atoms with Crippen molar-refractivity contribution in [3.05, 3.63) is 42.5 Å². The Labute approximate surface area is 95.3 Å². The van der Waals surface area contributed by atoms with Crippen molar-refractivity contribution in [2.45, 2.75) is 20.0 Å². The van der Waals surface area contributed by atoms with Gasteiger partial charge in [0.25, 0.3) is 0 Å². The highest BCUT2D eigenvalue weighted by atomic mass is 16.5. The van der Waals surface area contributed by atoms with Crippen molar-refractivity contribution in [3.8, 4) is 0 Å². The molecule has 1 aromatic rings. The highest BCUT2D eigenvalue weighted by Gasteiger charge is 2.10. The van der Waals surface area contributed by atoms with E-state index in [0.29, 0.717) is 12.0 Å². The van der Waals surface area contributed by atoms with Gasteiger partial charge in [0, 0.05) is 19.0 Å². The van der Waals surface area contributed by atoms with Crippen molar-refractivity contribution in [2.75, 3.05) is 0 Å². The van der Waals surface area contributed by atoms with Gasteiger partial charge >= 0.3 is 5.97 Å². The standard InChI is InChI=1S/C12H16N2O2/c1-5-6-10-11(14(4)8-13-10)7-16-12(15)9(2)3/h5,8H,1-2,6-7H2,3-4H3. The normalized spacial score (nSPS) is 9.88. The minimum absolute atomic E-state index is 0.214. The molecule has 0 aliphatic carbocycles. The van der Waals surface area contributed by atoms with Gasteiger partial charge in [0.15, 0.2) is 0 Å². The highest BCUT2D eigenvalue weighted by molar-refractivity contribution is 5.86. The van der Waals surface area contributed by atoms with E-state index < -0.39 is 0 Å². The number of ether oxygens (including phenoxy) is 1. The number of carbonyl (C=O) groups excluding carboxylic acids is 1. The van der Waals surface area contributed by atoms with Crippen LogP contribution in [0.15, 0.2) is 31.1 Å². The number of allylic oxidation sites excluding steroid dienone is 1. The zero-order valence-electron chi connectivity index (χ0n) is 9.69. The summed E-state index contributed by atoms with van der Waals surface area (Å²) in [6.45, 7) is 9.02. The SMILES string of the molecule is C=CCc1ncn(C)c1COC(=O)C(=C)C. The van der Waals surface area contributed by atoms with Crippen LogP contribution in [0.3, 0.4) is 0 Å². The van der Waals surface area contributed by atoms with E-state index >= 15 is 0 Å². The van der Waals surface area contributed by atoms with E-state index in [1.807, 2.05) is 11.6 Å². The van der Waals surface area contributed by atoms with E-state index in [1.165, 1.54) is 0 Å². The van der Waals surface area contributed by atoms with Gasteiger partial charge in [-0.15, -0.1) is 6.58 Å². The lowest BCUT2D eigenvalue weighted by Gasteiger charge is -2.06. The maximum atomic E-state index is 11.2. The number of hydrogen-bond donors (Lipinski definition) is 0. The van der Waals surface area contributed by atoms with Gasteiger partial charge in [-0.05, 0) is 6.92 Å². The summed E-state index contributed by atoms with van der Waals surface area (Å²) < 4.78 is 6.92. The molecule has 0 atom stereocenters. The molecule has 0 unspecified atom stereocenters. The third-order valence-electron chi connectivity index (χ3n) is 2.17. The van der Waals surface area contributed by atoms with E-state index in [4.69, 9.17) is 4.74 Å². The van der Waals surface area contributed by atoms with Crippen LogP contribution in [0.5, 0.6) is 0 Å². The molecule has 0 saturated heterocycles. The Kier molecular flexibility index (Phi) is 4.05. The van der Waals surface area contributed by atoms with Gasteiger partial charge in [0.05, 0.1) is 17.7 Å². The van der Waals surface area contributed by atoms with Crippen molar-refractivity contribution in [2.24, 2.45) is 7.05 Å². The molecule has 4 heteroatoms. The number of carbonyl (C=O) groups is 1. The Bertz CT molecular complexity index is 419. The molecular formula is C12H16N2O2. The molecule has 4 nitrogen and oxygen atoms in total. The minimum Gasteiger partial charge on any atom is -0.456 e. The number of rotatable bonds is 5. The maximum Gasteiger partial charge on any atom is 0.333 e. The van der Waals surface area contributed by atoms with Crippen LogP contribution in [-0.4, -0.2) is 15.5 Å². The third-order valence-corrected chi connectivity index (χ3v) is 2.17. The van der Waals surface area contributed by atoms with E-state index in [1.54, 1.807) is 19.3 Å². The fourth-order valence-electron chi connectivity index (χ4n) is 1.25. The Hall–Kier alpha value is -1.84. The third kappa shape index (κ3) is 2.82. The molecule has 1 aromatic heterocycles. The first kappa shape index (κ1) is 12.2. The first-order valence-corrected chi connectivity index (χ1v) is 4.98. The van der Waals surface area contributed by atoms with Crippen molar-refractivity contribution in [1.82, 2.24) is 9.55 Å². The van der Waals surface area contributed by atoms with E-state index in [-0.39, 0.29) is 12.6 Å². The number of nitrogens with zero attached hydrogens (tertiary/aromatic N) is 2. The molecule has 1 heterocycles. The Morgan fingerprint density at radius 1 is 1.69 bits per heavy atom. The van der Waals surface area contributed by atoms with Gasteiger partial charge < -0.3 is 9.30 Å². The molecule has 86 valence electrons. The molecule has 0 aliphatic rings. The van der Waals surface area contributed by atoms with Gasteiger partial charge in [-0.25, -0.2) is 9.78 Å². The van der Waals surface area contributed by atoms with Crippen LogP contribution in [0, 0.1) is 0 Å². The number of aryl methyl sites for hydroxylation is 1. The highest BCUT2D eigenvalue weighted by Crippen LogP contribution is 2.10. The lowest BCUT2D eigenvalue weighted by molar-refractivity contribution is -0.140. The molecule has 0 radical (unpaired) electrons. The number of hydrogen-bond acceptors (Lipinski definition) is 3. The first-order valence-electron chi connectivity index (χ1n) is 4.98. The summed E-state index contributed by atoms with van der Waals surface area (Å²) in [6.07, 6.45) is 4.13. The molecule has 0 spiro atoms. The van der Waals surface area contributed by atoms with Crippen LogP contribution in [0.25, 0.3) is 0 Å². The van der Waals surface area contributed by atoms with E-state index in [9.17, 15) is 4.79 Å². The molecule has 0 aromatic carbocycles. The van der Waals surface area contributed by atoms with E-state index in [2.05, 4.69) is 18.1 Å². The van der Waals surface area contributed by atoms with Crippen LogP contribution in [0.2, 0.25) is 0 Å². The van der Waals surface area contributed by atoms with Gasteiger partial charge in [-0.1, -0.05) is 12.7 Å². The Morgan fingerprint density at radius 2 is 2.38 bits per heavy atom. The number of esters is 1. The van der Waals surface area contributed by atoms with Crippen LogP contribution in [0.4, 0.5) is 0 Å². The summed E-state index contributed by atoms with van der Waals surface area (Å²) in [6, 6.07) is 0. The van der Waals surface area contributed by atoms with Crippen LogP contribution < -0.4 is 0 Å². The fraction of sp³-hybridized carbons (Fsp3) is 0.333. The summed E-state index contributed by atoms with van der Waals surface area (Å²) in [5, 5.41) is 0. The van der Waals surface area contributed by atoms with Gasteiger partial charge in [0.1, 0.15) is 6.61 Å². The summed E-state index contributed by atoms with van der Waals surface area (Å²) in [4.78, 5) is 15.5. The summed E-state index contributed by atoms with van der Waals surface area (Å²) in [5.41, 5.74) is 2.16. The van der Waals surface area contributed by atoms with Crippen LogP contribution in [0.1, 0.15) is 18.3 Å².